The van der Waals surface area contributed by atoms with E-state index >= 15 is 0 Å². The fourth-order valence-electron chi connectivity index (χ4n) is 2.74. The molecule has 1 aliphatic heterocycles. The molecule has 4 heteroatoms. The van der Waals surface area contributed by atoms with Gasteiger partial charge in [0.2, 0.25) is 0 Å². The van der Waals surface area contributed by atoms with Crippen LogP contribution in [0.15, 0.2) is 18.2 Å². The highest BCUT2D eigenvalue weighted by Crippen LogP contribution is 2.40. The Morgan fingerprint density at radius 2 is 2.00 bits per heavy atom. The summed E-state index contributed by atoms with van der Waals surface area (Å²) >= 11 is 0. The SMILES string of the molecule is Cc1ccc(C(=N)N)cc1OC1CC(C)(C)OC1(C)C. The van der Waals surface area contributed by atoms with Gasteiger partial charge in [-0.25, -0.2) is 0 Å². The first-order valence-electron chi connectivity index (χ1n) is 6.93. The van der Waals surface area contributed by atoms with Gasteiger partial charge in [0.15, 0.2) is 0 Å². The highest BCUT2D eigenvalue weighted by atomic mass is 16.6. The number of benzene rings is 1. The van der Waals surface area contributed by atoms with Crippen molar-refractivity contribution in [2.24, 2.45) is 5.73 Å². The summed E-state index contributed by atoms with van der Waals surface area (Å²) < 4.78 is 12.2. The summed E-state index contributed by atoms with van der Waals surface area (Å²) in [6.07, 6.45) is 0.822. The van der Waals surface area contributed by atoms with Gasteiger partial charge in [-0.1, -0.05) is 12.1 Å². The average molecular weight is 276 g/mol. The van der Waals surface area contributed by atoms with E-state index in [-0.39, 0.29) is 23.1 Å². The number of nitrogens with one attached hydrogen (secondary N) is 1. The Labute approximate surface area is 120 Å². The predicted molar refractivity (Wildman–Crippen MR) is 80.5 cm³/mol. The Hall–Kier alpha value is -1.55. The summed E-state index contributed by atoms with van der Waals surface area (Å²) in [5, 5.41) is 7.53. The van der Waals surface area contributed by atoms with Crippen LogP contribution in [0.25, 0.3) is 0 Å². The summed E-state index contributed by atoms with van der Waals surface area (Å²) in [7, 11) is 0. The number of hydrogen-bond acceptors (Lipinski definition) is 3. The van der Waals surface area contributed by atoms with Crippen molar-refractivity contribution in [3.05, 3.63) is 29.3 Å². The van der Waals surface area contributed by atoms with Crippen LogP contribution in [0.4, 0.5) is 0 Å². The third-order valence-electron chi connectivity index (χ3n) is 3.76. The number of rotatable bonds is 3. The van der Waals surface area contributed by atoms with Gasteiger partial charge in [-0.05, 0) is 46.2 Å². The van der Waals surface area contributed by atoms with Gasteiger partial charge in [0.25, 0.3) is 0 Å². The minimum absolute atomic E-state index is 0.0154. The topological polar surface area (TPSA) is 68.3 Å². The molecule has 0 aliphatic carbocycles. The standard InChI is InChI=1S/C16H24N2O2/c1-10-6-7-11(14(17)18)8-12(10)19-13-9-15(2,3)20-16(13,4)5/h6-8,13H,9H2,1-5H3,(H3,17,18). The summed E-state index contributed by atoms with van der Waals surface area (Å²) in [5.41, 5.74) is 6.75. The van der Waals surface area contributed by atoms with Crippen LogP contribution < -0.4 is 10.5 Å². The molecule has 1 aromatic carbocycles. The van der Waals surface area contributed by atoms with E-state index in [0.29, 0.717) is 5.56 Å². The summed E-state index contributed by atoms with van der Waals surface area (Å²) in [6, 6.07) is 5.60. The quantitative estimate of drug-likeness (QED) is 0.658. The fourth-order valence-corrected chi connectivity index (χ4v) is 2.74. The van der Waals surface area contributed by atoms with E-state index in [2.05, 4.69) is 27.7 Å². The smallest absolute Gasteiger partial charge is 0.130 e. The van der Waals surface area contributed by atoms with Gasteiger partial charge < -0.3 is 15.2 Å². The van der Waals surface area contributed by atoms with Crippen LogP contribution in [-0.2, 0) is 4.74 Å². The van der Waals surface area contributed by atoms with Crippen LogP contribution in [0.2, 0.25) is 0 Å². The largest absolute Gasteiger partial charge is 0.487 e. The predicted octanol–water partition coefficient (Wildman–Crippen LogP) is 3.00. The van der Waals surface area contributed by atoms with Crippen LogP contribution >= 0.6 is 0 Å². The highest BCUT2D eigenvalue weighted by molar-refractivity contribution is 5.95. The van der Waals surface area contributed by atoms with E-state index in [1.54, 1.807) is 0 Å². The normalized spacial score (nSPS) is 23.6. The lowest BCUT2D eigenvalue weighted by Gasteiger charge is -2.28. The highest BCUT2D eigenvalue weighted by Gasteiger charge is 2.47. The van der Waals surface area contributed by atoms with Crippen molar-refractivity contribution in [1.82, 2.24) is 0 Å². The van der Waals surface area contributed by atoms with Crippen LogP contribution in [0.3, 0.4) is 0 Å². The number of hydrogen-bond donors (Lipinski definition) is 2. The Balaban J connectivity index is 2.26. The van der Waals surface area contributed by atoms with Crippen molar-refractivity contribution in [2.75, 3.05) is 0 Å². The lowest BCUT2D eigenvalue weighted by molar-refractivity contribution is -0.0846. The second-order valence-electron chi connectivity index (χ2n) is 6.67. The molecule has 1 aromatic rings. The molecule has 2 rings (SSSR count). The fraction of sp³-hybridized carbons (Fsp3) is 0.562. The summed E-state index contributed by atoms with van der Waals surface area (Å²) in [4.78, 5) is 0. The van der Waals surface area contributed by atoms with Gasteiger partial charge in [-0.2, -0.15) is 0 Å². The maximum atomic E-state index is 7.53. The van der Waals surface area contributed by atoms with Gasteiger partial charge >= 0.3 is 0 Å². The molecule has 4 nitrogen and oxygen atoms in total. The zero-order chi connectivity index (χ0) is 15.1. The molecule has 1 atom stereocenters. The molecule has 3 N–H and O–H groups in total. The minimum atomic E-state index is -0.331. The van der Waals surface area contributed by atoms with E-state index in [9.17, 15) is 0 Å². The molecule has 1 fully saturated rings. The lowest BCUT2D eigenvalue weighted by atomic mass is 9.97. The number of aryl methyl sites for hydroxylation is 1. The molecule has 1 unspecified atom stereocenters. The van der Waals surface area contributed by atoms with Crippen molar-refractivity contribution in [3.8, 4) is 5.75 Å². The van der Waals surface area contributed by atoms with Crippen molar-refractivity contribution in [2.45, 2.75) is 58.3 Å². The molecule has 1 heterocycles. The number of nitrogen functional groups attached to an aromatic ring is 1. The van der Waals surface area contributed by atoms with Crippen LogP contribution in [0.5, 0.6) is 5.75 Å². The molecule has 20 heavy (non-hydrogen) atoms. The van der Waals surface area contributed by atoms with Crippen LogP contribution in [0.1, 0.15) is 45.2 Å². The van der Waals surface area contributed by atoms with Gasteiger partial charge in [0.1, 0.15) is 23.3 Å². The second-order valence-corrected chi connectivity index (χ2v) is 6.67. The van der Waals surface area contributed by atoms with Crippen LogP contribution in [0, 0.1) is 12.3 Å². The van der Waals surface area contributed by atoms with Gasteiger partial charge in [0.05, 0.1) is 5.60 Å². The van der Waals surface area contributed by atoms with Gasteiger partial charge in [-0.3, -0.25) is 5.41 Å². The van der Waals surface area contributed by atoms with Crippen molar-refractivity contribution >= 4 is 5.84 Å². The van der Waals surface area contributed by atoms with E-state index in [1.165, 1.54) is 0 Å². The number of ether oxygens (including phenoxy) is 2. The van der Waals surface area contributed by atoms with E-state index in [0.717, 1.165) is 17.7 Å². The molecule has 0 bridgehead atoms. The first-order valence-corrected chi connectivity index (χ1v) is 6.93. The molecule has 0 radical (unpaired) electrons. The Morgan fingerprint density at radius 1 is 1.35 bits per heavy atom. The molecule has 0 aromatic heterocycles. The average Bonchev–Trinajstić information content (AvgIpc) is 2.49. The van der Waals surface area contributed by atoms with Crippen LogP contribution in [-0.4, -0.2) is 23.1 Å². The van der Waals surface area contributed by atoms with Gasteiger partial charge in [-0.15, -0.1) is 0 Å². The summed E-state index contributed by atoms with van der Waals surface area (Å²) in [5.74, 6) is 0.828. The second kappa shape index (κ2) is 4.77. The van der Waals surface area contributed by atoms with E-state index < -0.39 is 0 Å². The maximum absolute atomic E-state index is 7.53. The Morgan fingerprint density at radius 3 is 2.50 bits per heavy atom. The molecule has 0 spiro atoms. The lowest BCUT2D eigenvalue weighted by Crippen LogP contribution is -2.36. The molecule has 1 aliphatic rings. The molecule has 110 valence electrons. The molecule has 0 saturated carbocycles. The molecular weight excluding hydrogens is 252 g/mol. The zero-order valence-electron chi connectivity index (χ0n) is 12.9. The first kappa shape index (κ1) is 14.9. The monoisotopic (exact) mass is 276 g/mol. The third kappa shape index (κ3) is 2.96. The van der Waals surface area contributed by atoms with Gasteiger partial charge in [0, 0.05) is 12.0 Å². The number of nitrogens with two attached hydrogens (primary N) is 1. The molecular formula is C16H24N2O2. The first-order chi connectivity index (χ1) is 9.11. The third-order valence-corrected chi connectivity index (χ3v) is 3.76. The molecule has 0 amide bonds. The Bertz CT molecular complexity index is 535. The van der Waals surface area contributed by atoms with E-state index in [1.807, 2.05) is 25.1 Å². The zero-order valence-corrected chi connectivity index (χ0v) is 12.9. The number of amidine groups is 1. The van der Waals surface area contributed by atoms with Crippen molar-refractivity contribution in [3.63, 3.8) is 0 Å². The van der Waals surface area contributed by atoms with Crippen molar-refractivity contribution < 1.29 is 9.47 Å². The molecule has 1 saturated heterocycles. The maximum Gasteiger partial charge on any atom is 0.130 e. The minimum Gasteiger partial charge on any atom is -0.487 e. The summed E-state index contributed by atoms with van der Waals surface area (Å²) in [6.45, 7) is 10.3. The Kier molecular flexibility index (Phi) is 3.54. The van der Waals surface area contributed by atoms with Crippen molar-refractivity contribution in [1.29, 1.82) is 5.41 Å². The van der Waals surface area contributed by atoms with E-state index in [4.69, 9.17) is 20.6 Å².